The third-order valence-corrected chi connectivity index (χ3v) is 3.94. The molecule has 2 amide bonds. The fraction of sp³-hybridized carbons (Fsp3) is 0.316. The van der Waals surface area contributed by atoms with E-state index in [1.54, 1.807) is 19.2 Å². The molecule has 0 bridgehead atoms. The quantitative estimate of drug-likeness (QED) is 0.336. The number of halogens is 1. The number of benzene rings is 1. The van der Waals surface area contributed by atoms with E-state index in [9.17, 15) is 14.0 Å². The summed E-state index contributed by atoms with van der Waals surface area (Å²) in [4.78, 5) is 23.3. The molecule has 0 atom stereocenters. The molecule has 7 nitrogen and oxygen atoms in total. The van der Waals surface area contributed by atoms with E-state index in [4.69, 9.17) is 4.74 Å². The average molecular weight is 374 g/mol. The summed E-state index contributed by atoms with van der Waals surface area (Å²) in [6.45, 7) is 4.66. The molecule has 2 N–H and O–H groups in total. The van der Waals surface area contributed by atoms with Crippen molar-refractivity contribution in [1.82, 2.24) is 15.3 Å². The number of ether oxygens (including phenoxy) is 1. The van der Waals surface area contributed by atoms with E-state index in [2.05, 4.69) is 15.8 Å². The zero-order valence-corrected chi connectivity index (χ0v) is 15.6. The molecule has 1 aromatic carbocycles. The number of rotatable bonds is 7. The van der Waals surface area contributed by atoms with Crippen molar-refractivity contribution in [3.05, 3.63) is 53.1 Å². The Morgan fingerprint density at radius 3 is 2.59 bits per heavy atom. The molecular weight excluding hydrogens is 351 g/mol. The van der Waals surface area contributed by atoms with Crippen LogP contribution in [-0.4, -0.2) is 42.9 Å². The molecule has 2 rings (SSSR count). The Balaban J connectivity index is 1.99. The zero-order chi connectivity index (χ0) is 19.8. The van der Waals surface area contributed by atoms with E-state index in [0.717, 1.165) is 22.6 Å². The average Bonchev–Trinajstić information content (AvgIpc) is 2.93. The summed E-state index contributed by atoms with van der Waals surface area (Å²) in [5, 5.41) is 6.32. The summed E-state index contributed by atoms with van der Waals surface area (Å²) in [5.74, 6) is -1.89. The van der Waals surface area contributed by atoms with Crippen LogP contribution in [0.3, 0.4) is 0 Å². The molecule has 0 aliphatic carbocycles. The Labute approximate surface area is 157 Å². The lowest BCUT2D eigenvalue weighted by Gasteiger charge is -2.09. The first-order valence-electron chi connectivity index (χ1n) is 8.49. The van der Waals surface area contributed by atoms with Gasteiger partial charge >= 0.3 is 11.8 Å². The minimum absolute atomic E-state index is 0.300. The monoisotopic (exact) mass is 374 g/mol. The highest BCUT2D eigenvalue weighted by Crippen LogP contribution is 2.19. The van der Waals surface area contributed by atoms with Gasteiger partial charge in [-0.2, -0.15) is 5.10 Å². The second kappa shape index (κ2) is 9.63. The largest absolute Gasteiger partial charge is 0.385 e. The first kappa shape index (κ1) is 20.3. The van der Waals surface area contributed by atoms with E-state index in [1.165, 1.54) is 18.3 Å². The number of nitrogens with one attached hydrogen (secondary N) is 2. The number of hydrogen-bond donors (Lipinski definition) is 2. The van der Waals surface area contributed by atoms with Crippen molar-refractivity contribution in [3.63, 3.8) is 0 Å². The Morgan fingerprint density at radius 1 is 1.22 bits per heavy atom. The number of hydrazone groups is 1. The smallest absolute Gasteiger partial charge is 0.329 e. The molecule has 0 saturated heterocycles. The summed E-state index contributed by atoms with van der Waals surface area (Å²) in [6.07, 6.45) is 2.09. The number of aryl methyl sites for hydroxylation is 1. The van der Waals surface area contributed by atoms with Crippen LogP contribution in [0.25, 0.3) is 5.69 Å². The van der Waals surface area contributed by atoms with Gasteiger partial charge in [0, 0.05) is 42.9 Å². The molecule has 0 aliphatic heterocycles. The second-order valence-corrected chi connectivity index (χ2v) is 5.94. The van der Waals surface area contributed by atoms with Crippen LogP contribution in [-0.2, 0) is 14.3 Å². The zero-order valence-electron chi connectivity index (χ0n) is 15.6. The van der Waals surface area contributed by atoms with Crippen LogP contribution in [0.2, 0.25) is 0 Å². The predicted octanol–water partition coefficient (Wildman–Crippen LogP) is 1.84. The van der Waals surface area contributed by atoms with Gasteiger partial charge in [0.1, 0.15) is 5.82 Å². The van der Waals surface area contributed by atoms with Crippen molar-refractivity contribution in [2.75, 3.05) is 20.3 Å². The van der Waals surface area contributed by atoms with Gasteiger partial charge in [-0.25, -0.2) is 9.82 Å². The molecule has 1 aromatic heterocycles. The van der Waals surface area contributed by atoms with Crippen molar-refractivity contribution < 1.29 is 18.7 Å². The normalized spacial score (nSPS) is 11.0. The summed E-state index contributed by atoms with van der Waals surface area (Å²) < 4.78 is 19.9. The lowest BCUT2D eigenvalue weighted by molar-refractivity contribution is -0.139. The van der Waals surface area contributed by atoms with Gasteiger partial charge in [-0.3, -0.25) is 9.59 Å². The maximum Gasteiger partial charge on any atom is 0.329 e. The summed E-state index contributed by atoms with van der Waals surface area (Å²) in [7, 11) is 1.57. The maximum absolute atomic E-state index is 13.1. The van der Waals surface area contributed by atoms with Gasteiger partial charge in [0.25, 0.3) is 0 Å². The highest BCUT2D eigenvalue weighted by atomic mass is 19.1. The molecular formula is C19H23FN4O3. The molecule has 27 heavy (non-hydrogen) atoms. The van der Waals surface area contributed by atoms with Crippen molar-refractivity contribution in [3.8, 4) is 5.69 Å². The van der Waals surface area contributed by atoms with Crippen LogP contribution in [0.5, 0.6) is 0 Å². The van der Waals surface area contributed by atoms with Crippen molar-refractivity contribution in [2.24, 2.45) is 5.10 Å². The van der Waals surface area contributed by atoms with E-state index in [0.29, 0.717) is 19.6 Å². The number of carbonyl (C=O) groups excluding carboxylic acids is 2. The SMILES string of the molecule is COCCCNC(=O)C(=O)N/N=C\c1cc(C)n(-c2ccc(F)cc2)c1C. The molecule has 1 heterocycles. The highest BCUT2D eigenvalue weighted by Gasteiger charge is 2.12. The molecule has 0 aliphatic rings. The van der Waals surface area contributed by atoms with Crippen LogP contribution in [0, 0.1) is 19.7 Å². The summed E-state index contributed by atoms with van der Waals surface area (Å²) >= 11 is 0. The lowest BCUT2D eigenvalue weighted by atomic mass is 10.2. The van der Waals surface area contributed by atoms with Crippen LogP contribution >= 0.6 is 0 Å². The summed E-state index contributed by atoms with van der Waals surface area (Å²) in [5.41, 5.74) is 5.61. The molecule has 0 radical (unpaired) electrons. The maximum atomic E-state index is 13.1. The highest BCUT2D eigenvalue weighted by molar-refractivity contribution is 6.35. The molecule has 2 aromatic rings. The van der Waals surface area contributed by atoms with E-state index in [1.807, 2.05) is 24.5 Å². The van der Waals surface area contributed by atoms with Gasteiger partial charge in [-0.1, -0.05) is 0 Å². The van der Waals surface area contributed by atoms with Gasteiger partial charge in [0.15, 0.2) is 0 Å². The van der Waals surface area contributed by atoms with Gasteiger partial charge in [-0.15, -0.1) is 0 Å². The summed E-state index contributed by atoms with van der Waals surface area (Å²) in [6, 6.07) is 8.05. The van der Waals surface area contributed by atoms with E-state index < -0.39 is 11.8 Å². The van der Waals surface area contributed by atoms with Crippen molar-refractivity contribution in [1.29, 1.82) is 0 Å². The van der Waals surface area contributed by atoms with Crippen LogP contribution in [0.4, 0.5) is 4.39 Å². The third-order valence-electron chi connectivity index (χ3n) is 3.94. The fourth-order valence-corrected chi connectivity index (χ4v) is 2.62. The number of hydrogen-bond acceptors (Lipinski definition) is 4. The molecule has 144 valence electrons. The first-order chi connectivity index (χ1) is 12.9. The van der Waals surface area contributed by atoms with Crippen LogP contribution < -0.4 is 10.7 Å². The van der Waals surface area contributed by atoms with Gasteiger partial charge < -0.3 is 14.6 Å². The van der Waals surface area contributed by atoms with Crippen molar-refractivity contribution >= 4 is 18.0 Å². The number of nitrogens with zero attached hydrogens (tertiary/aromatic N) is 2. The van der Waals surface area contributed by atoms with Crippen LogP contribution in [0.1, 0.15) is 23.4 Å². The van der Waals surface area contributed by atoms with Gasteiger partial charge in [0.2, 0.25) is 0 Å². The topological polar surface area (TPSA) is 84.7 Å². The predicted molar refractivity (Wildman–Crippen MR) is 100 cm³/mol. The molecule has 8 heteroatoms. The van der Waals surface area contributed by atoms with E-state index in [-0.39, 0.29) is 5.82 Å². The molecule has 0 spiro atoms. The number of aromatic nitrogens is 1. The van der Waals surface area contributed by atoms with Gasteiger partial charge in [-0.05, 0) is 50.6 Å². The second-order valence-electron chi connectivity index (χ2n) is 5.94. The van der Waals surface area contributed by atoms with Crippen molar-refractivity contribution in [2.45, 2.75) is 20.3 Å². The first-order valence-corrected chi connectivity index (χ1v) is 8.49. The molecule has 0 fully saturated rings. The minimum atomic E-state index is -0.837. The third kappa shape index (κ3) is 5.49. The Bertz CT molecular complexity index is 828. The number of carbonyl (C=O) groups is 2. The Hall–Kier alpha value is -3.00. The number of amides is 2. The standard InChI is InChI=1S/C19H23FN4O3/c1-13-11-15(14(2)24(13)17-7-5-16(20)6-8-17)12-22-23-19(26)18(25)21-9-4-10-27-3/h5-8,11-12H,4,9-10H2,1-3H3,(H,21,25)(H,23,26)/b22-12-. The van der Waals surface area contributed by atoms with E-state index >= 15 is 0 Å². The van der Waals surface area contributed by atoms with Gasteiger partial charge in [0.05, 0.1) is 6.21 Å². The number of methoxy groups -OCH3 is 1. The lowest BCUT2D eigenvalue weighted by Crippen LogP contribution is -2.38. The molecule has 0 saturated carbocycles. The fourth-order valence-electron chi connectivity index (χ4n) is 2.62. The van der Waals surface area contributed by atoms with Crippen LogP contribution in [0.15, 0.2) is 35.4 Å². The Morgan fingerprint density at radius 2 is 1.93 bits per heavy atom. The Kier molecular flexibility index (Phi) is 7.25. The minimum Gasteiger partial charge on any atom is -0.385 e. The molecule has 0 unspecified atom stereocenters.